The summed E-state index contributed by atoms with van der Waals surface area (Å²) in [7, 11) is 0. The largest absolute Gasteiger partial charge is 0.335 e. The Morgan fingerprint density at radius 3 is 2.90 bits per heavy atom. The molecule has 0 fully saturated rings. The molecule has 0 aliphatic rings. The van der Waals surface area contributed by atoms with Gasteiger partial charge in [0.05, 0.1) is 6.42 Å². The van der Waals surface area contributed by atoms with E-state index in [1.807, 2.05) is 17.7 Å². The fourth-order valence-corrected chi connectivity index (χ4v) is 1.98. The molecule has 8 nitrogen and oxygen atoms in total. The highest BCUT2D eigenvalue weighted by Gasteiger charge is 2.10. The lowest BCUT2D eigenvalue weighted by molar-refractivity contribution is 0.694. The topological polar surface area (TPSA) is 87.2 Å². The van der Waals surface area contributed by atoms with E-state index in [4.69, 9.17) is 11.6 Å². The molecule has 0 saturated carbocycles. The van der Waals surface area contributed by atoms with Crippen LogP contribution >= 0.6 is 11.6 Å². The number of halogens is 1. The summed E-state index contributed by atoms with van der Waals surface area (Å²) in [5.41, 5.74) is 0. The summed E-state index contributed by atoms with van der Waals surface area (Å²) in [4.78, 5) is 20.6. The number of hydrogen-bond acceptors (Lipinski definition) is 6. The van der Waals surface area contributed by atoms with Gasteiger partial charge in [0.15, 0.2) is 0 Å². The lowest BCUT2D eigenvalue weighted by Gasteiger charge is -2.05. The summed E-state index contributed by atoms with van der Waals surface area (Å²) in [5.74, 6) is 1.75. The Labute approximate surface area is 119 Å². The number of aryl methyl sites for hydroxylation is 1. The molecule has 0 N–H and O–H groups in total. The molecule has 20 heavy (non-hydrogen) atoms. The van der Waals surface area contributed by atoms with Crippen molar-refractivity contribution in [1.82, 2.24) is 39.3 Å². The average molecular weight is 291 g/mol. The Hall–Kier alpha value is -2.35. The van der Waals surface area contributed by atoms with E-state index in [1.165, 1.54) is 17.3 Å². The first kappa shape index (κ1) is 12.7. The average Bonchev–Trinajstić information content (AvgIpc) is 3.08. The fourth-order valence-electron chi connectivity index (χ4n) is 1.81. The van der Waals surface area contributed by atoms with Crippen LogP contribution in [0.25, 0.3) is 5.95 Å². The van der Waals surface area contributed by atoms with Gasteiger partial charge < -0.3 is 4.57 Å². The zero-order valence-electron chi connectivity index (χ0n) is 10.7. The van der Waals surface area contributed by atoms with Crippen LogP contribution in [0.5, 0.6) is 0 Å². The number of hydrogen-bond donors (Lipinski definition) is 0. The Morgan fingerprint density at radius 1 is 1.25 bits per heavy atom. The molecule has 9 heteroatoms. The molecule has 0 radical (unpaired) electrons. The van der Waals surface area contributed by atoms with Crippen molar-refractivity contribution in [3.63, 3.8) is 0 Å². The zero-order chi connectivity index (χ0) is 13.9. The highest BCUT2D eigenvalue weighted by molar-refractivity contribution is 6.28. The number of rotatable bonds is 4. The van der Waals surface area contributed by atoms with Crippen LogP contribution in [0, 0.1) is 0 Å². The molecule has 3 rings (SSSR count). The van der Waals surface area contributed by atoms with E-state index >= 15 is 0 Å². The first-order chi connectivity index (χ1) is 9.76. The van der Waals surface area contributed by atoms with E-state index in [-0.39, 0.29) is 5.28 Å². The SMILES string of the molecule is CCn1ccnc1Cc1nc(Cl)nc(-n2cncn2)n1. The molecule has 0 amide bonds. The van der Waals surface area contributed by atoms with Crippen molar-refractivity contribution in [2.24, 2.45) is 0 Å². The van der Waals surface area contributed by atoms with Crippen LogP contribution in [0.3, 0.4) is 0 Å². The Morgan fingerprint density at radius 2 is 2.15 bits per heavy atom. The molecule has 0 spiro atoms. The maximum absolute atomic E-state index is 5.93. The lowest BCUT2D eigenvalue weighted by Crippen LogP contribution is -2.10. The summed E-state index contributed by atoms with van der Waals surface area (Å²) in [6.45, 7) is 2.89. The third kappa shape index (κ3) is 2.50. The van der Waals surface area contributed by atoms with Crippen LogP contribution in [0.1, 0.15) is 18.6 Å². The van der Waals surface area contributed by atoms with Gasteiger partial charge in [0.25, 0.3) is 5.95 Å². The maximum atomic E-state index is 5.93. The minimum Gasteiger partial charge on any atom is -0.335 e. The standard InChI is InChI=1S/C11H11ClN8/c1-2-19-4-3-14-9(19)5-8-16-10(12)18-11(17-8)20-7-13-6-15-20/h3-4,6-7H,2,5H2,1H3. The van der Waals surface area contributed by atoms with E-state index in [2.05, 4.69) is 30.0 Å². The van der Waals surface area contributed by atoms with Crippen LogP contribution in [0.15, 0.2) is 25.0 Å². The summed E-state index contributed by atoms with van der Waals surface area (Å²) >= 11 is 5.93. The minimum atomic E-state index is 0.120. The Balaban J connectivity index is 1.94. The van der Waals surface area contributed by atoms with Crippen LogP contribution in [-0.2, 0) is 13.0 Å². The molecular formula is C11H11ClN8. The van der Waals surface area contributed by atoms with Gasteiger partial charge in [-0.05, 0) is 18.5 Å². The third-order valence-corrected chi connectivity index (χ3v) is 2.89. The number of imidazole rings is 1. The zero-order valence-corrected chi connectivity index (χ0v) is 11.4. The predicted octanol–water partition coefficient (Wildman–Crippen LogP) is 0.913. The van der Waals surface area contributed by atoms with E-state index in [9.17, 15) is 0 Å². The van der Waals surface area contributed by atoms with E-state index in [0.29, 0.717) is 18.2 Å². The van der Waals surface area contributed by atoms with E-state index < -0.39 is 0 Å². The normalized spacial score (nSPS) is 10.9. The van der Waals surface area contributed by atoms with Crippen LogP contribution in [0.2, 0.25) is 5.28 Å². The Bertz CT molecular complexity index is 705. The van der Waals surface area contributed by atoms with Gasteiger partial charge in [-0.3, -0.25) is 0 Å². The lowest BCUT2D eigenvalue weighted by atomic mass is 10.4. The van der Waals surface area contributed by atoms with Gasteiger partial charge in [0, 0.05) is 18.9 Å². The second-order valence-corrected chi connectivity index (χ2v) is 4.31. The Kier molecular flexibility index (Phi) is 3.38. The highest BCUT2D eigenvalue weighted by Crippen LogP contribution is 2.09. The number of aromatic nitrogens is 8. The summed E-state index contributed by atoms with van der Waals surface area (Å²) in [6.07, 6.45) is 7.05. The molecule has 3 aromatic heterocycles. The van der Waals surface area contributed by atoms with E-state index in [1.54, 1.807) is 6.20 Å². The predicted molar refractivity (Wildman–Crippen MR) is 70.5 cm³/mol. The van der Waals surface area contributed by atoms with Crippen molar-refractivity contribution in [1.29, 1.82) is 0 Å². The molecule has 0 saturated heterocycles. The second kappa shape index (κ2) is 5.33. The molecule has 0 aromatic carbocycles. The van der Waals surface area contributed by atoms with Crippen molar-refractivity contribution in [3.05, 3.63) is 42.0 Å². The smallest absolute Gasteiger partial charge is 0.256 e. The van der Waals surface area contributed by atoms with Crippen molar-refractivity contribution >= 4 is 11.6 Å². The molecule has 0 aliphatic heterocycles. The maximum Gasteiger partial charge on any atom is 0.256 e. The summed E-state index contributed by atoms with van der Waals surface area (Å²) in [5, 5.41) is 4.09. The molecule has 3 aromatic rings. The van der Waals surface area contributed by atoms with Crippen molar-refractivity contribution < 1.29 is 0 Å². The highest BCUT2D eigenvalue weighted by atomic mass is 35.5. The fraction of sp³-hybridized carbons (Fsp3) is 0.273. The molecule has 0 unspecified atom stereocenters. The first-order valence-electron chi connectivity index (χ1n) is 6.01. The van der Waals surface area contributed by atoms with Gasteiger partial charge in [-0.25, -0.2) is 15.0 Å². The van der Waals surface area contributed by atoms with Crippen molar-refractivity contribution in [2.75, 3.05) is 0 Å². The van der Waals surface area contributed by atoms with Crippen molar-refractivity contribution in [3.8, 4) is 5.95 Å². The number of nitrogens with zero attached hydrogens (tertiary/aromatic N) is 8. The molecule has 0 atom stereocenters. The van der Waals surface area contributed by atoms with Crippen molar-refractivity contribution in [2.45, 2.75) is 19.9 Å². The van der Waals surface area contributed by atoms with Crippen LogP contribution < -0.4 is 0 Å². The molecule has 0 aliphatic carbocycles. The quantitative estimate of drug-likeness (QED) is 0.710. The van der Waals surface area contributed by atoms with Crippen LogP contribution in [0.4, 0.5) is 0 Å². The third-order valence-electron chi connectivity index (χ3n) is 2.72. The first-order valence-corrected chi connectivity index (χ1v) is 6.39. The van der Waals surface area contributed by atoms with E-state index in [0.717, 1.165) is 12.4 Å². The van der Waals surface area contributed by atoms with Gasteiger partial charge in [-0.15, -0.1) is 0 Å². The van der Waals surface area contributed by atoms with Gasteiger partial charge in [-0.2, -0.15) is 19.7 Å². The van der Waals surface area contributed by atoms with Crippen LogP contribution in [-0.4, -0.2) is 39.3 Å². The summed E-state index contributed by atoms with van der Waals surface area (Å²) < 4.78 is 3.45. The molecule has 0 bridgehead atoms. The second-order valence-electron chi connectivity index (χ2n) is 3.97. The molecule has 102 valence electrons. The molecule has 3 heterocycles. The van der Waals surface area contributed by atoms with Gasteiger partial charge >= 0.3 is 0 Å². The van der Waals surface area contributed by atoms with Gasteiger partial charge in [0.1, 0.15) is 24.3 Å². The summed E-state index contributed by atoms with van der Waals surface area (Å²) in [6, 6.07) is 0. The molecular weight excluding hydrogens is 280 g/mol. The minimum absolute atomic E-state index is 0.120. The van der Waals surface area contributed by atoms with Gasteiger partial charge in [0.2, 0.25) is 5.28 Å². The monoisotopic (exact) mass is 290 g/mol. The van der Waals surface area contributed by atoms with Gasteiger partial charge in [-0.1, -0.05) is 0 Å².